The molecule has 1 fully saturated rings. The van der Waals surface area contributed by atoms with Gasteiger partial charge in [0.2, 0.25) is 0 Å². The second kappa shape index (κ2) is 7.34. The third-order valence-electron chi connectivity index (χ3n) is 4.29. The number of carbonyl (C=O) groups is 2. The number of hydrogen-bond acceptors (Lipinski definition) is 4. The second-order valence-electron chi connectivity index (χ2n) is 5.95. The van der Waals surface area contributed by atoms with Crippen molar-refractivity contribution in [2.24, 2.45) is 17.8 Å². The fourth-order valence-corrected chi connectivity index (χ4v) is 3.71. The van der Waals surface area contributed by atoms with Gasteiger partial charge >= 0.3 is 5.97 Å². The minimum Gasteiger partial charge on any atom is -0.455 e. The number of rotatable bonds is 6. The Morgan fingerprint density at radius 2 is 1.96 bits per heavy atom. The van der Waals surface area contributed by atoms with E-state index in [4.69, 9.17) is 4.74 Å². The number of carbonyl (C=O) groups excluding carboxylic acids is 2. The zero-order valence-corrected chi connectivity index (χ0v) is 13.6. The Bertz CT molecular complexity index is 648. The van der Waals surface area contributed by atoms with Gasteiger partial charge in [0.1, 0.15) is 0 Å². The Hall–Kier alpha value is -1.89. The first-order valence-corrected chi connectivity index (χ1v) is 8.59. The van der Waals surface area contributed by atoms with Crippen LogP contribution < -0.4 is 5.32 Å². The van der Waals surface area contributed by atoms with Crippen molar-refractivity contribution in [2.75, 3.05) is 11.9 Å². The molecular weight excluding hydrogens is 336 g/mol. The Balaban J connectivity index is 1.44. The summed E-state index contributed by atoms with van der Waals surface area (Å²) in [7, 11) is 0. The van der Waals surface area contributed by atoms with Crippen LogP contribution in [0.25, 0.3) is 0 Å². The highest BCUT2D eigenvalue weighted by atomic mass is 32.2. The molecule has 0 aromatic heterocycles. The molecular formula is C17H17F2NO3S. The number of allylic oxidation sites excluding steroid dienone is 2. The van der Waals surface area contributed by atoms with Crippen molar-refractivity contribution < 1.29 is 23.1 Å². The fraction of sp³-hybridized carbons (Fsp3) is 0.412. The van der Waals surface area contributed by atoms with Crippen molar-refractivity contribution in [2.45, 2.75) is 23.5 Å². The minimum absolute atomic E-state index is 0.140. The Kier molecular flexibility index (Phi) is 5.18. The Morgan fingerprint density at radius 1 is 1.21 bits per heavy atom. The molecule has 0 unspecified atom stereocenters. The van der Waals surface area contributed by atoms with Crippen LogP contribution in [0.5, 0.6) is 0 Å². The maximum absolute atomic E-state index is 12.2. The molecule has 3 rings (SSSR count). The normalized spacial score (nSPS) is 24.4. The van der Waals surface area contributed by atoms with E-state index in [1.807, 2.05) is 0 Å². The number of amides is 1. The number of esters is 1. The lowest BCUT2D eigenvalue weighted by molar-refractivity contribution is -0.152. The molecule has 0 spiro atoms. The quantitative estimate of drug-likeness (QED) is 0.481. The maximum Gasteiger partial charge on any atom is 0.310 e. The Labute approximate surface area is 142 Å². The second-order valence-corrected chi connectivity index (χ2v) is 7.01. The molecule has 1 aromatic rings. The van der Waals surface area contributed by atoms with Gasteiger partial charge in [-0.1, -0.05) is 23.9 Å². The van der Waals surface area contributed by atoms with Crippen LogP contribution in [0.1, 0.15) is 12.8 Å². The lowest BCUT2D eigenvalue weighted by atomic mass is 9.94. The maximum atomic E-state index is 12.2. The molecule has 2 bridgehead atoms. The number of thioether (sulfide) groups is 1. The van der Waals surface area contributed by atoms with Crippen molar-refractivity contribution in [1.82, 2.24) is 0 Å². The van der Waals surface area contributed by atoms with Gasteiger partial charge in [-0.05, 0) is 48.9 Å². The van der Waals surface area contributed by atoms with Crippen molar-refractivity contribution in [3.05, 3.63) is 36.4 Å². The third kappa shape index (κ3) is 4.14. The molecule has 0 radical (unpaired) electrons. The van der Waals surface area contributed by atoms with Crippen LogP contribution in [0, 0.1) is 17.8 Å². The number of hydrogen-bond donors (Lipinski definition) is 1. The van der Waals surface area contributed by atoms with Crippen molar-refractivity contribution >= 4 is 29.3 Å². The van der Waals surface area contributed by atoms with E-state index < -0.39 is 11.7 Å². The summed E-state index contributed by atoms with van der Waals surface area (Å²) in [6, 6.07) is 6.07. The predicted molar refractivity (Wildman–Crippen MR) is 86.7 cm³/mol. The predicted octanol–water partition coefficient (Wildman–Crippen LogP) is 3.70. The molecule has 2 aliphatic carbocycles. The first kappa shape index (κ1) is 17.0. The SMILES string of the molecule is O=C(COC(=O)[C@H]1C[C@H]2C=C[C@H]1C2)Nc1ccc(SC(F)F)cc1. The van der Waals surface area contributed by atoms with Gasteiger partial charge in [-0.3, -0.25) is 9.59 Å². The standard InChI is InChI=1S/C17H17F2NO3S/c18-17(19)24-13-5-3-12(4-6-13)20-15(21)9-23-16(22)14-8-10-1-2-11(14)7-10/h1-6,10-11,14,17H,7-9H2,(H,20,21)/t10-,11-,14-/m0/s1. The first-order chi connectivity index (χ1) is 11.5. The van der Waals surface area contributed by atoms with Crippen LogP contribution in [0.4, 0.5) is 14.5 Å². The summed E-state index contributed by atoms with van der Waals surface area (Å²) in [4.78, 5) is 24.3. The van der Waals surface area contributed by atoms with E-state index in [1.165, 1.54) is 24.3 Å². The van der Waals surface area contributed by atoms with Gasteiger partial charge in [0.15, 0.2) is 6.61 Å². The van der Waals surface area contributed by atoms with Gasteiger partial charge in [-0.15, -0.1) is 0 Å². The van der Waals surface area contributed by atoms with E-state index in [0.29, 0.717) is 28.3 Å². The van der Waals surface area contributed by atoms with E-state index in [9.17, 15) is 18.4 Å². The molecule has 1 N–H and O–H groups in total. The highest BCUT2D eigenvalue weighted by Gasteiger charge is 2.40. The molecule has 1 saturated carbocycles. The zero-order chi connectivity index (χ0) is 17.1. The summed E-state index contributed by atoms with van der Waals surface area (Å²) in [5.41, 5.74) is 0.470. The number of halogens is 2. The summed E-state index contributed by atoms with van der Waals surface area (Å²) in [5, 5.41) is 2.58. The molecule has 1 amide bonds. The largest absolute Gasteiger partial charge is 0.455 e. The highest BCUT2D eigenvalue weighted by molar-refractivity contribution is 7.99. The molecule has 128 valence electrons. The van der Waals surface area contributed by atoms with Crippen molar-refractivity contribution in [3.63, 3.8) is 0 Å². The number of ether oxygens (including phenoxy) is 1. The number of alkyl halides is 2. The van der Waals surface area contributed by atoms with Crippen LogP contribution in [0.2, 0.25) is 0 Å². The molecule has 4 nitrogen and oxygen atoms in total. The van der Waals surface area contributed by atoms with E-state index >= 15 is 0 Å². The number of anilines is 1. The highest BCUT2D eigenvalue weighted by Crippen LogP contribution is 2.43. The zero-order valence-electron chi connectivity index (χ0n) is 12.8. The van der Waals surface area contributed by atoms with Crippen LogP contribution in [-0.2, 0) is 14.3 Å². The topological polar surface area (TPSA) is 55.4 Å². The van der Waals surface area contributed by atoms with E-state index in [-0.39, 0.29) is 24.4 Å². The van der Waals surface area contributed by atoms with Crippen molar-refractivity contribution in [3.8, 4) is 0 Å². The van der Waals surface area contributed by atoms with E-state index in [0.717, 1.165) is 12.8 Å². The molecule has 7 heteroatoms. The van der Waals surface area contributed by atoms with Crippen LogP contribution in [0.3, 0.4) is 0 Å². The smallest absolute Gasteiger partial charge is 0.310 e. The lowest BCUT2D eigenvalue weighted by Crippen LogP contribution is -2.26. The van der Waals surface area contributed by atoms with Gasteiger partial charge in [-0.25, -0.2) is 0 Å². The number of benzene rings is 1. The van der Waals surface area contributed by atoms with Gasteiger partial charge < -0.3 is 10.1 Å². The molecule has 0 saturated heterocycles. The molecule has 1 aromatic carbocycles. The molecule has 3 atom stereocenters. The van der Waals surface area contributed by atoms with Gasteiger partial charge in [0.05, 0.1) is 5.92 Å². The summed E-state index contributed by atoms with van der Waals surface area (Å²) < 4.78 is 29.6. The minimum atomic E-state index is -2.48. The molecule has 0 heterocycles. The van der Waals surface area contributed by atoms with E-state index in [2.05, 4.69) is 17.5 Å². The average Bonchev–Trinajstić information content (AvgIpc) is 3.17. The molecule has 0 aliphatic heterocycles. The average molecular weight is 353 g/mol. The Morgan fingerprint density at radius 3 is 2.54 bits per heavy atom. The summed E-state index contributed by atoms with van der Waals surface area (Å²) in [6.07, 6.45) is 5.98. The van der Waals surface area contributed by atoms with Crippen LogP contribution >= 0.6 is 11.8 Å². The van der Waals surface area contributed by atoms with Gasteiger partial charge in [0, 0.05) is 10.6 Å². The first-order valence-electron chi connectivity index (χ1n) is 7.71. The fourth-order valence-electron chi connectivity index (χ4n) is 3.21. The van der Waals surface area contributed by atoms with Gasteiger partial charge in [-0.2, -0.15) is 8.78 Å². The summed E-state index contributed by atoms with van der Waals surface area (Å²) in [5.74, 6) is -2.69. The molecule has 24 heavy (non-hydrogen) atoms. The third-order valence-corrected chi connectivity index (χ3v) is 5.01. The van der Waals surface area contributed by atoms with Crippen LogP contribution in [0.15, 0.2) is 41.3 Å². The van der Waals surface area contributed by atoms with Gasteiger partial charge in [0.25, 0.3) is 11.7 Å². The van der Waals surface area contributed by atoms with Crippen molar-refractivity contribution in [1.29, 1.82) is 0 Å². The monoisotopic (exact) mass is 353 g/mol. The number of nitrogens with one attached hydrogen (secondary N) is 1. The molecule has 2 aliphatic rings. The lowest BCUT2D eigenvalue weighted by Gasteiger charge is -2.16. The summed E-state index contributed by atoms with van der Waals surface area (Å²) in [6.45, 7) is -0.343. The number of fused-ring (bicyclic) bond motifs is 2. The summed E-state index contributed by atoms with van der Waals surface area (Å²) >= 11 is 0.439. The van der Waals surface area contributed by atoms with E-state index in [1.54, 1.807) is 0 Å². The van der Waals surface area contributed by atoms with Crippen LogP contribution in [-0.4, -0.2) is 24.2 Å².